The molecule has 2 N–H and O–H groups in total. The van der Waals surface area contributed by atoms with Crippen LogP contribution >= 0.6 is 0 Å². The molecule has 94 valence electrons. The van der Waals surface area contributed by atoms with Gasteiger partial charge in [0, 0.05) is 18.5 Å². The number of carbonyl (C=O) groups excluding carboxylic acids is 1. The van der Waals surface area contributed by atoms with Crippen LogP contribution in [0.5, 0.6) is 0 Å². The Morgan fingerprint density at radius 1 is 1.59 bits per heavy atom. The number of carbonyl (C=O) groups is 1. The number of amides is 1. The van der Waals surface area contributed by atoms with E-state index >= 15 is 0 Å². The van der Waals surface area contributed by atoms with Crippen molar-refractivity contribution in [2.24, 2.45) is 0 Å². The Morgan fingerprint density at radius 2 is 2.53 bits per heavy atom. The van der Waals surface area contributed by atoms with E-state index in [9.17, 15) is 4.79 Å². The van der Waals surface area contributed by atoms with E-state index in [0.717, 1.165) is 13.0 Å². The number of piperidine rings is 1. The van der Waals surface area contributed by atoms with Gasteiger partial charge in [0.2, 0.25) is 5.91 Å². The van der Waals surface area contributed by atoms with Gasteiger partial charge in [0.25, 0.3) is 0 Å². The van der Waals surface area contributed by atoms with Crippen molar-refractivity contribution in [1.82, 2.24) is 15.8 Å². The Kier molecular flexibility index (Phi) is 4.55. The number of rotatable bonds is 5. The van der Waals surface area contributed by atoms with Gasteiger partial charge >= 0.3 is 0 Å². The van der Waals surface area contributed by atoms with Crippen LogP contribution in [0.1, 0.15) is 37.9 Å². The van der Waals surface area contributed by atoms with E-state index in [1.165, 1.54) is 19.3 Å². The van der Waals surface area contributed by atoms with E-state index in [2.05, 4.69) is 15.8 Å². The summed E-state index contributed by atoms with van der Waals surface area (Å²) >= 11 is 0. The lowest BCUT2D eigenvalue weighted by Crippen LogP contribution is -2.35. The highest BCUT2D eigenvalue weighted by Gasteiger charge is 2.13. The highest BCUT2D eigenvalue weighted by molar-refractivity contribution is 5.75. The second kappa shape index (κ2) is 6.39. The van der Waals surface area contributed by atoms with Crippen molar-refractivity contribution < 1.29 is 9.32 Å². The molecule has 0 aromatic carbocycles. The quantitative estimate of drug-likeness (QED) is 0.808. The lowest BCUT2D eigenvalue weighted by molar-refractivity contribution is -0.121. The van der Waals surface area contributed by atoms with Gasteiger partial charge in [-0.05, 0) is 25.8 Å². The predicted molar refractivity (Wildman–Crippen MR) is 63.2 cm³/mol. The molecule has 2 rings (SSSR count). The van der Waals surface area contributed by atoms with Crippen molar-refractivity contribution in [3.8, 4) is 0 Å². The summed E-state index contributed by atoms with van der Waals surface area (Å²) in [6, 6.07) is 2.27. The molecule has 1 aliphatic rings. The Bertz CT molecular complexity index is 332. The molecular formula is C12H19N3O2. The van der Waals surface area contributed by atoms with Gasteiger partial charge in [-0.2, -0.15) is 0 Å². The molecule has 1 amide bonds. The standard InChI is InChI=1S/C12H19N3O2/c16-12(14-9-11-6-8-15-17-11)5-4-10-3-1-2-7-13-10/h6,8,10,13H,1-5,7,9H2,(H,14,16). The van der Waals surface area contributed by atoms with Gasteiger partial charge in [-0.15, -0.1) is 0 Å². The van der Waals surface area contributed by atoms with E-state index in [-0.39, 0.29) is 5.91 Å². The minimum Gasteiger partial charge on any atom is -0.360 e. The molecule has 1 aromatic rings. The first-order valence-electron chi connectivity index (χ1n) is 6.24. The topological polar surface area (TPSA) is 67.2 Å². The molecule has 0 saturated carbocycles. The van der Waals surface area contributed by atoms with Crippen molar-refractivity contribution in [2.45, 2.75) is 44.7 Å². The first-order chi connectivity index (χ1) is 8.34. The second-order valence-corrected chi connectivity index (χ2v) is 4.44. The van der Waals surface area contributed by atoms with E-state index in [1.807, 2.05) is 0 Å². The fourth-order valence-corrected chi connectivity index (χ4v) is 2.08. The fraction of sp³-hybridized carbons (Fsp3) is 0.667. The minimum absolute atomic E-state index is 0.0776. The first-order valence-corrected chi connectivity index (χ1v) is 6.24. The molecule has 0 radical (unpaired) electrons. The van der Waals surface area contributed by atoms with Gasteiger partial charge in [0.15, 0.2) is 5.76 Å². The number of hydrogen-bond donors (Lipinski definition) is 2. The van der Waals surface area contributed by atoms with E-state index in [0.29, 0.717) is 24.8 Å². The summed E-state index contributed by atoms with van der Waals surface area (Å²) in [7, 11) is 0. The maximum atomic E-state index is 11.6. The van der Waals surface area contributed by atoms with Crippen molar-refractivity contribution in [3.63, 3.8) is 0 Å². The molecule has 1 atom stereocenters. The van der Waals surface area contributed by atoms with Gasteiger partial charge in [0.05, 0.1) is 12.7 Å². The summed E-state index contributed by atoms with van der Waals surface area (Å²) < 4.78 is 4.90. The molecule has 1 aliphatic heterocycles. The third-order valence-corrected chi connectivity index (χ3v) is 3.08. The highest BCUT2D eigenvalue weighted by atomic mass is 16.5. The average molecular weight is 237 g/mol. The highest BCUT2D eigenvalue weighted by Crippen LogP contribution is 2.11. The monoisotopic (exact) mass is 237 g/mol. The van der Waals surface area contributed by atoms with Crippen molar-refractivity contribution in [1.29, 1.82) is 0 Å². The van der Waals surface area contributed by atoms with Crippen LogP contribution in [0.25, 0.3) is 0 Å². The zero-order chi connectivity index (χ0) is 11.9. The Balaban J connectivity index is 1.60. The van der Waals surface area contributed by atoms with Gasteiger partial charge in [-0.1, -0.05) is 11.6 Å². The molecular weight excluding hydrogens is 218 g/mol. The molecule has 17 heavy (non-hydrogen) atoms. The lowest BCUT2D eigenvalue weighted by Gasteiger charge is -2.22. The molecule has 1 saturated heterocycles. The van der Waals surface area contributed by atoms with Crippen LogP contribution in [0, 0.1) is 0 Å². The SMILES string of the molecule is O=C(CCC1CCCCN1)NCc1ccno1. The van der Waals surface area contributed by atoms with Gasteiger partial charge < -0.3 is 15.2 Å². The zero-order valence-corrected chi connectivity index (χ0v) is 9.95. The minimum atomic E-state index is 0.0776. The molecule has 5 nitrogen and oxygen atoms in total. The van der Waals surface area contributed by atoms with Crippen LogP contribution in [0.4, 0.5) is 0 Å². The summed E-state index contributed by atoms with van der Waals surface area (Å²) in [5.74, 6) is 0.767. The lowest BCUT2D eigenvalue weighted by atomic mass is 10.0. The van der Waals surface area contributed by atoms with Gasteiger partial charge in [0.1, 0.15) is 0 Å². The largest absolute Gasteiger partial charge is 0.360 e. The third kappa shape index (κ3) is 4.19. The molecule has 0 aliphatic carbocycles. The van der Waals surface area contributed by atoms with E-state index in [1.54, 1.807) is 12.3 Å². The maximum absolute atomic E-state index is 11.6. The van der Waals surface area contributed by atoms with Crippen LogP contribution in [0.3, 0.4) is 0 Å². The molecule has 1 fully saturated rings. The predicted octanol–water partition coefficient (Wildman–Crippen LogP) is 1.21. The number of aromatic nitrogens is 1. The Hall–Kier alpha value is -1.36. The van der Waals surface area contributed by atoms with Crippen LogP contribution in [-0.2, 0) is 11.3 Å². The normalized spacial score (nSPS) is 20.1. The number of nitrogens with one attached hydrogen (secondary N) is 2. The molecule has 1 aromatic heterocycles. The van der Waals surface area contributed by atoms with Gasteiger partial charge in [-0.3, -0.25) is 4.79 Å². The molecule has 5 heteroatoms. The first kappa shape index (κ1) is 12.1. The van der Waals surface area contributed by atoms with Gasteiger partial charge in [-0.25, -0.2) is 0 Å². The van der Waals surface area contributed by atoms with E-state index < -0.39 is 0 Å². The van der Waals surface area contributed by atoms with Crippen LogP contribution < -0.4 is 10.6 Å². The molecule has 0 bridgehead atoms. The summed E-state index contributed by atoms with van der Waals surface area (Å²) in [4.78, 5) is 11.6. The molecule has 2 heterocycles. The average Bonchev–Trinajstić information content (AvgIpc) is 2.88. The van der Waals surface area contributed by atoms with Crippen molar-refractivity contribution in [3.05, 3.63) is 18.0 Å². The third-order valence-electron chi connectivity index (χ3n) is 3.08. The van der Waals surface area contributed by atoms with Crippen LogP contribution in [0.15, 0.2) is 16.8 Å². The Labute approximate surface area is 101 Å². The zero-order valence-electron chi connectivity index (χ0n) is 9.95. The number of hydrogen-bond acceptors (Lipinski definition) is 4. The summed E-state index contributed by atoms with van der Waals surface area (Å²) in [5, 5.41) is 9.84. The van der Waals surface area contributed by atoms with E-state index in [4.69, 9.17) is 4.52 Å². The fourth-order valence-electron chi connectivity index (χ4n) is 2.08. The maximum Gasteiger partial charge on any atom is 0.220 e. The molecule has 1 unspecified atom stereocenters. The summed E-state index contributed by atoms with van der Waals surface area (Å²) in [6.07, 6.45) is 6.79. The Morgan fingerprint density at radius 3 is 3.24 bits per heavy atom. The number of nitrogens with zero attached hydrogens (tertiary/aromatic N) is 1. The summed E-state index contributed by atoms with van der Waals surface area (Å²) in [6.45, 7) is 1.52. The summed E-state index contributed by atoms with van der Waals surface area (Å²) in [5.41, 5.74) is 0. The second-order valence-electron chi connectivity index (χ2n) is 4.44. The van der Waals surface area contributed by atoms with Crippen molar-refractivity contribution in [2.75, 3.05) is 6.54 Å². The van der Waals surface area contributed by atoms with Crippen LogP contribution in [-0.4, -0.2) is 23.7 Å². The molecule has 0 spiro atoms. The smallest absolute Gasteiger partial charge is 0.220 e. The van der Waals surface area contributed by atoms with Crippen LogP contribution in [0.2, 0.25) is 0 Å². The van der Waals surface area contributed by atoms with Crippen molar-refractivity contribution >= 4 is 5.91 Å².